The maximum atomic E-state index is 13.4. The van der Waals surface area contributed by atoms with E-state index < -0.39 is 121 Å². The van der Waals surface area contributed by atoms with E-state index in [-0.39, 0.29) is 161 Å². The molecule has 10 amide bonds. The number of amides is 10. The normalized spacial score (nSPS) is 14.4. The lowest BCUT2D eigenvalue weighted by molar-refractivity contribution is -0.152. The number of carbonyl (C=O) groups is 14. The zero-order valence-corrected chi connectivity index (χ0v) is 55.9. The Hall–Kier alpha value is -9.10. The molecular formula is C55H88N17O23P. The Labute approximate surface area is 553 Å². The molecule has 1 fully saturated rings. The summed E-state index contributed by atoms with van der Waals surface area (Å²) in [6.45, 7) is 7.70. The maximum Gasteiger partial charge on any atom is 0.396 e. The number of esters is 4. The molecule has 1 aromatic heterocycles. The highest BCUT2D eigenvalue weighted by atomic mass is 31.2. The Morgan fingerprint density at radius 1 is 0.531 bits per heavy atom. The maximum absolute atomic E-state index is 13.4. The highest BCUT2D eigenvalue weighted by Gasteiger charge is 2.42. The second-order valence-corrected chi connectivity index (χ2v) is 22.4. The van der Waals surface area contributed by atoms with Gasteiger partial charge in [0, 0.05) is 155 Å². The fourth-order valence-electron chi connectivity index (χ4n) is 8.66. The molecule has 1 aliphatic rings. The van der Waals surface area contributed by atoms with Gasteiger partial charge in [0.05, 0.1) is 53.6 Å². The fourth-order valence-corrected chi connectivity index (χ4v) is 10.4. The van der Waals surface area contributed by atoms with Crippen LogP contribution in [0, 0.1) is 18.3 Å². The highest BCUT2D eigenvalue weighted by Crippen LogP contribution is 2.49. The summed E-state index contributed by atoms with van der Waals surface area (Å²) in [6, 6.07) is 1.82. The van der Waals surface area contributed by atoms with Gasteiger partial charge in [-0.2, -0.15) is 5.26 Å². The summed E-state index contributed by atoms with van der Waals surface area (Å²) in [6.07, 6.45) is -1.50. The molecule has 40 nitrogen and oxygen atoms in total. The van der Waals surface area contributed by atoms with Crippen LogP contribution in [0.25, 0.3) is 0 Å². The standard InChI is InChI=1S/C55H88N17O23P/c1-34(2)72(35(3)4)96(93-30-10-11-56)95-37-31-39(71-33-36(5)40(73)67-55(71)88)94-38(37)32-66-46(79)45(78)61-16-25-68(21-12-57-41(74)43(76)59-14-23-69(26-17-62-47(80)51(84)89-6)27-18-63-48(81)52(85)90-7)22-13-58-42(75)44(77)60-15-24-70(28-19-64-49(82)53(86)91-8)29-20-65-50(83)54(87)92-9/h33-35,37-39H,10,12-32H2,1-9H3,(H,57,74)(H,58,75)(H,59,76)(H,60,77)(H,61,78)(H,62,80)(H,63,81)(H,64,82)(H,65,83)(H,66,79)(H,67,73,88)/t37-,38+,39+,96?/m0/s1. The summed E-state index contributed by atoms with van der Waals surface area (Å²) in [5, 5.41) is 33.4. The molecule has 1 saturated heterocycles. The molecule has 0 spiro atoms. The van der Waals surface area contributed by atoms with Crippen molar-refractivity contribution in [2.75, 3.05) is 159 Å². The number of aromatic nitrogens is 2. The number of aryl methyl sites for hydroxylation is 1. The first-order valence-corrected chi connectivity index (χ1v) is 31.3. The number of carbonyl (C=O) groups excluding carboxylic acids is 14. The lowest BCUT2D eigenvalue weighted by atomic mass is 10.2. The predicted octanol–water partition coefficient (Wildman–Crippen LogP) is -8.45. The molecule has 0 bridgehead atoms. The van der Waals surface area contributed by atoms with Crippen molar-refractivity contribution < 1.29 is 99.9 Å². The molecule has 96 heavy (non-hydrogen) atoms. The minimum Gasteiger partial charge on any atom is -0.462 e. The summed E-state index contributed by atoms with van der Waals surface area (Å²) in [5.74, 6) is -15.3. The first kappa shape index (κ1) is 83.0. The van der Waals surface area contributed by atoms with Gasteiger partial charge in [-0.25, -0.2) is 28.6 Å². The minimum absolute atomic E-state index is 0.0251. The summed E-state index contributed by atoms with van der Waals surface area (Å²) in [4.78, 5) is 205. The molecule has 1 aromatic rings. The second kappa shape index (κ2) is 45.3. The third-order valence-corrected chi connectivity index (χ3v) is 15.7. The molecule has 0 aliphatic carbocycles. The Balaban J connectivity index is 2.24. The molecule has 536 valence electrons. The van der Waals surface area contributed by atoms with Crippen molar-refractivity contribution in [3.63, 3.8) is 0 Å². The summed E-state index contributed by atoms with van der Waals surface area (Å²) >= 11 is 0. The second-order valence-electron chi connectivity index (χ2n) is 21.0. The molecule has 0 aromatic carbocycles. The van der Waals surface area contributed by atoms with Gasteiger partial charge in [-0.1, -0.05) is 0 Å². The van der Waals surface area contributed by atoms with Crippen LogP contribution >= 0.6 is 8.53 Å². The van der Waals surface area contributed by atoms with E-state index in [1.165, 1.54) is 17.7 Å². The van der Waals surface area contributed by atoms with Crippen molar-refractivity contribution in [2.45, 2.75) is 78.0 Å². The Kier molecular flexibility index (Phi) is 39.2. The van der Waals surface area contributed by atoms with Crippen molar-refractivity contribution in [3.8, 4) is 6.07 Å². The molecular weight excluding hydrogens is 1300 g/mol. The monoisotopic (exact) mass is 1390 g/mol. The van der Waals surface area contributed by atoms with E-state index in [1.54, 1.807) is 14.7 Å². The summed E-state index contributed by atoms with van der Waals surface area (Å²) in [5.41, 5.74) is -1.17. The smallest absolute Gasteiger partial charge is 0.396 e. The van der Waals surface area contributed by atoms with Crippen LogP contribution in [0.5, 0.6) is 0 Å². The predicted molar refractivity (Wildman–Crippen MR) is 332 cm³/mol. The average Bonchev–Trinajstić information content (AvgIpc) is 1.67. The van der Waals surface area contributed by atoms with Gasteiger partial charge in [-0.05, 0) is 34.6 Å². The quantitative estimate of drug-likeness (QED) is 0.00963. The van der Waals surface area contributed by atoms with E-state index in [0.717, 1.165) is 28.4 Å². The van der Waals surface area contributed by atoms with Crippen LogP contribution in [0.15, 0.2) is 15.8 Å². The number of rotatable bonds is 38. The van der Waals surface area contributed by atoms with Crippen LogP contribution < -0.4 is 64.4 Å². The average molecular weight is 1390 g/mol. The number of aromatic amines is 1. The van der Waals surface area contributed by atoms with Crippen LogP contribution in [-0.2, 0) is 99.9 Å². The lowest BCUT2D eigenvalue weighted by Gasteiger charge is -2.37. The summed E-state index contributed by atoms with van der Waals surface area (Å²) < 4.78 is 39.6. The fraction of sp³-hybridized carbons (Fsp3) is 0.655. The van der Waals surface area contributed by atoms with Gasteiger partial charge in [0.2, 0.25) is 0 Å². The third kappa shape index (κ3) is 31.0. The topological polar surface area (TPSA) is 516 Å². The largest absolute Gasteiger partial charge is 0.462 e. The molecule has 2 rings (SSSR count). The van der Waals surface area contributed by atoms with Crippen molar-refractivity contribution >= 4 is 91.5 Å². The minimum atomic E-state index is -1.88. The highest BCUT2D eigenvalue weighted by molar-refractivity contribution is 7.44. The number of nitrogens with zero attached hydrogens (tertiary/aromatic N) is 6. The SMILES string of the molecule is COC(=O)C(=O)NCCN(CCNC(=O)C(=O)NCCN(CCNC(=O)C(=O)NCCN(CCNC(=O)C(=O)OC)CCNC(=O)C(=O)OC)CCNC(=O)C(=O)NC[C@H]1O[C@@H](n2cc(C)c(=O)[nH]c2=O)C[C@@H]1OP(OCCC#N)N(C(C)C)C(C)C)CCNC(=O)C(=O)OC. The lowest BCUT2D eigenvalue weighted by Crippen LogP contribution is -2.49. The van der Waals surface area contributed by atoms with Crippen LogP contribution in [0.1, 0.15) is 52.3 Å². The Morgan fingerprint density at radius 3 is 1.12 bits per heavy atom. The Morgan fingerprint density at radius 2 is 0.833 bits per heavy atom. The molecule has 41 heteroatoms. The number of methoxy groups -OCH3 is 4. The number of nitriles is 1. The molecule has 2 heterocycles. The van der Waals surface area contributed by atoms with Crippen molar-refractivity contribution in [3.05, 3.63) is 32.6 Å². The number of nitrogens with one attached hydrogen (secondary N) is 11. The van der Waals surface area contributed by atoms with E-state index in [0.29, 0.717) is 0 Å². The van der Waals surface area contributed by atoms with Crippen molar-refractivity contribution in [1.82, 2.24) is 82.1 Å². The zero-order valence-electron chi connectivity index (χ0n) is 55.0. The van der Waals surface area contributed by atoms with Crippen LogP contribution in [-0.4, -0.2) is 296 Å². The van der Waals surface area contributed by atoms with Gasteiger partial charge >= 0.3 is 88.6 Å². The number of hydrogen-bond donors (Lipinski definition) is 11. The van der Waals surface area contributed by atoms with Gasteiger partial charge in [0.25, 0.3) is 14.1 Å². The molecule has 1 unspecified atom stereocenters. The number of H-pyrrole nitrogens is 1. The van der Waals surface area contributed by atoms with Gasteiger partial charge in [0.1, 0.15) is 12.3 Å². The third-order valence-electron chi connectivity index (χ3n) is 13.5. The van der Waals surface area contributed by atoms with Gasteiger partial charge in [0.15, 0.2) is 0 Å². The van der Waals surface area contributed by atoms with E-state index >= 15 is 0 Å². The first-order chi connectivity index (χ1) is 45.6. The number of ether oxygens (including phenoxy) is 5. The van der Waals surface area contributed by atoms with E-state index in [4.69, 9.17) is 13.8 Å². The van der Waals surface area contributed by atoms with Crippen molar-refractivity contribution in [2.24, 2.45) is 0 Å². The van der Waals surface area contributed by atoms with Crippen molar-refractivity contribution in [1.29, 1.82) is 5.26 Å². The molecule has 1 aliphatic heterocycles. The van der Waals surface area contributed by atoms with Crippen LogP contribution in [0.4, 0.5) is 0 Å². The zero-order chi connectivity index (χ0) is 71.9. The van der Waals surface area contributed by atoms with E-state index in [1.807, 2.05) is 38.4 Å². The van der Waals surface area contributed by atoms with Crippen LogP contribution in [0.2, 0.25) is 0 Å². The van der Waals surface area contributed by atoms with E-state index in [9.17, 15) is 82.0 Å². The van der Waals surface area contributed by atoms with E-state index in [2.05, 4.69) is 77.1 Å². The molecule has 11 N–H and O–H groups in total. The van der Waals surface area contributed by atoms with Crippen LogP contribution in [0.3, 0.4) is 0 Å². The van der Waals surface area contributed by atoms with Gasteiger partial charge in [-0.3, -0.25) is 77.0 Å². The Bertz CT molecular complexity index is 2810. The molecule has 0 radical (unpaired) electrons. The summed E-state index contributed by atoms with van der Waals surface area (Å²) in [7, 11) is 2.19. The van der Waals surface area contributed by atoms with Gasteiger partial charge < -0.3 is 85.9 Å². The first-order valence-electron chi connectivity index (χ1n) is 30.1. The van der Waals surface area contributed by atoms with Gasteiger partial charge in [-0.15, -0.1) is 0 Å². The molecule has 4 atom stereocenters. The number of hydrogen-bond acceptors (Lipinski definition) is 28. The molecule has 0 saturated carbocycles.